The maximum absolute atomic E-state index is 5.69. The van der Waals surface area contributed by atoms with Crippen LogP contribution in [-0.4, -0.2) is 31.1 Å². The Labute approximate surface area is 105 Å². The molecule has 1 aliphatic carbocycles. The predicted molar refractivity (Wildman–Crippen MR) is 68.9 cm³/mol. The number of rotatable bonds is 2. The Morgan fingerprint density at radius 3 is 1.94 bits per heavy atom. The van der Waals surface area contributed by atoms with Gasteiger partial charge in [-0.25, -0.2) is 0 Å². The summed E-state index contributed by atoms with van der Waals surface area (Å²) in [5, 5.41) is 3.71. The molecule has 2 aliphatic rings. The van der Waals surface area contributed by atoms with Gasteiger partial charge in [-0.05, 0) is 44.9 Å². The summed E-state index contributed by atoms with van der Waals surface area (Å²) >= 11 is 0. The van der Waals surface area contributed by atoms with Crippen molar-refractivity contribution in [1.29, 1.82) is 0 Å². The summed E-state index contributed by atoms with van der Waals surface area (Å²) in [5.74, 6) is 1.29. The van der Waals surface area contributed by atoms with Gasteiger partial charge >= 0.3 is 0 Å². The maximum Gasteiger partial charge on any atom is 0.162 e. The van der Waals surface area contributed by atoms with Crippen molar-refractivity contribution in [2.75, 3.05) is 13.2 Å². The molecule has 2 unspecified atom stereocenters. The molecule has 1 saturated heterocycles. The van der Waals surface area contributed by atoms with E-state index in [1.54, 1.807) is 0 Å². The van der Waals surface area contributed by atoms with E-state index < -0.39 is 5.79 Å². The summed E-state index contributed by atoms with van der Waals surface area (Å²) in [6, 6.07) is 1.01. The second kappa shape index (κ2) is 5.25. The zero-order chi connectivity index (χ0) is 12.5. The SMILES string of the molecule is CC1CC(C)CC(NC2COC(C)(C)OC2)C1. The van der Waals surface area contributed by atoms with Crippen molar-refractivity contribution < 1.29 is 9.47 Å². The lowest BCUT2D eigenvalue weighted by atomic mass is 9.80. The van der Waals surface area contributed by atoms with Crippen LogP contribution in [0.5, 0.6) is 0 Å². The van der Waals surface area contributed by atoms with E-state index in [0.717, 1.165) is 25.0 Å². The van der Waals surface area contributed by atoms with E-state index >= 15 is 0 Å². The Hall–Kier alpha value is -0.120. The van der Waals surface area contributed by atoms with Crippen LogP contribution in [0.4, 0.5) is 0 Å². The molecule has 17 heavy (non-hydrogen) atoms. The Morgan fingerprint density at radius 1 is 0.882 bits per heavy atom. The first-order chi connectivity index (χ1) is 7.94. The lowest BCUT2D eigenvalue weighted by Gasteiger charge is -2.39. The minimum atomic E-state index is -0.397. The van der Waals surface area contributed by atoms with Crippen molar-refractivity contribution >= 4 is 0 Å². The first-order valence-electron chi connectivity index (χ1n) is 6.98. The van der Waals surface area contributed by atoms with E-state index in [2.05, 4.69) is 19.2 Å². The molecular formula is C14H27NO2. The van der Waals surface area contributed by atoms with Crippen molar-refractivity contribution in [3.05, 3.63) is 0 Å². The zero-order valence-corrected chi connectivity index (χ0v) is 11.7. The topological polar surface area (TPSA) is 30.5 Å². The van der Waals surface area contributed by atoms with Gasteiger partial charge in [0.25, 0.3) is 0 Å². The molecule has 3 heteroatoms. The molecule has 0 aromatic carbocycles. The van der Waals surface area contributed by atoms with Gasteiger partial charge in [0.1, 0.15) is 0 Å². The number of ether oxygens (including phenoxy) is 2. The summed E-state index contributed by atoms with van der Waals surface area (Å²) in [7, 11) is 0. The van der Waals surface area contributed by atoms with E-state index in [1.165, 1.54) is 19.3 Å². The average Bonchev–Trinajstić information content (AvgIpc) is 2.20. The molecule has 1 aliphatic heterocycles. The molecule has 100 valence electrons. The van der Waals surface area contributed by atoms with Crippen molar-refractivity contribution in [1.82, 2.24) is 5.32 Å². The highest BCUT2D eigenvalue weighted by atomic mass is 16.7. The van der Waals surface area contributed by atoms with Gasteiger partial charge in [0, 0.05) is 6.04 Å². The molecule has 0 aromatic rings. The lowest BCUT2D eigenvalue weighted by molar-refractivity contribution is -0.253. The Kier molecular flexibility index (Phi) is 4.11. The van der Waals surface area contributed by atoms with E-state index in [1.807, 2.05) is 13.8 Å². The summed E-state index contributed by atoms with van der Waals surface area (Å²) in [6.07, 6.45) is 3.97. The highest BCUT2D eigenvalue weighted by Crippen LogP contribution is 2.29. The van der Waals surface area contributed by atoms with Crippen LogP contribution < -0.4 is 5.32 Å². The van der Waals surface area contributed by atoms with Crippen LogP contribution in [0.15, 0.2) is 0 Å². The van der Waals surface area contributed by atoms with Crippen LogP contribution in [0.25, 0.3) is 0 Å². The van der Waals surface area contributed by atoms with E-state index in [0.29, 0.717) is 12.1 Å². The van der Waals surface area contributed by atoms with Gasteiger partial charge in [0.2, 0.25) is 0 Å². The molecule has 2 fully saturated rings. The van der Waals surface area contributed by atoms with Crippen LogP contribution in [-0.2, 0) is 9.47 Å². The fourth-order valence-electron chi connectivity index (χ4n) is 3.20. The van der Waals surface area contributed by atoms with Crippen LogP contribution in [0, 0.1) is 11.8 Å². The molecule has 0 aromatic heterocycles. The molecule has 1 saturated carbocycles. The zero-order valence-electron chi connectivity index (χ0n) is 11.7. The largest absolute Gasteiger partial charge is 0.349 e. The summed E-state index contributed by atoms with van der Waals surface area (Å²) < 4.78 is 11.4. The molecular weight excluding hydrogens is 214 g/mol. The number of nitrogens with one attached hydrogen (secondary N) is 1. The molecule has 0 bridgehead atoms. The molecule has 1 heterocycles. The molecule has 1 N–H and O–H groups in total. The van der Waals surface area contributed by atoms with Crippen molar-refractivity contribution in [3.63, 3.8) is 0 Å². The summed E-state index contributed by atoms with van der Waals surface area (Å²) in [4.78, 5) is 0. The standard InChI is InChI=1S/C14H27NO2/c1-10-5-11(2)7-12(6-10)15-13-8-16-14(3,4)17-9-13/h10-13,15H,5-9H2,1-4H3. The van der Waals surface area contributed by atoms with E-state index in [-0.39, 0.29) is 0 Å². The molecule has 3 nitrogen and oxygen atoms in total. The second-order valence-electron chi connectivity index (χ2n) is 6.50. The van der Waals surface area contributed by atoms with Crippen LogP contribution in [0.3, 0.4) is 0 Å². The monoisotopic (exact) mass is 241 g/mol. The van der Waals surface area contributed by atoms with Gasteiger partial charge in [-0.1, -0.05) is 13.8 Å². The highest BCUT2D eigenvalue weighted by Gasteiger charge is 2.31. The van der Waals surface area contributed by atoms with E-state index in [4.69, 9.17) is 9.47 Å². The average molecular weight is 241 g/mol. The predicted octanol–water partition coefficient (Wildman–Crippen LogP) is 2.55. The fraction of sp³-hybridized carbons (Fsp3) is 1.00. The molecule has 0 amide bonds. The summed E-state index contributed by atoms with van der Waals surface area (Å²) in [6.45, 7) is 10.2. The summed E-state index contributed by atoms with van der Waals surface area (Å²) in [5.41, 5.74) is 0. The van der Waals surface area contributed by atoms with Crippen LogP contribution in [0.2, 0.25) is 0 Å². The first kappa shape index (κ1) is 13.3. The third kappa shape index (κ3) is 3.94. The molecule has 0 radical (unpaired) electrons. The van der Waals surface area contributed by atoms with Gasteiger partial charge in [0.05, 0.1) is 19.3 Å². The van der Waals surface area contributed by atoms with Gasteiger partial charge in [-0.2, -0.15) is 0 Å². The Morgan fingerprint density at radius 2 is 1.41 bits per heavy atom. The third-order valence-electron chi connectivity index (χ3n) is 3.91. The van der Waals surface area contributed by atoms with Crippen molar-refractivity contribution in [2.45, 2.75) is 64.8 Å². The molecule has 2 rings (SSSR count). The first-order valence-corrected chi connectivity index (χ1v) is 6.98. The quantitative estimate of drug-likeness (QED) is 0.806. The lowest BCUT2D eigenvalue weighted by Crippen LogP contribution is -2.52. The number of hydrogen-bond donors (Lipinski definition) is 1. The Bertz CT molecular complexity index is 235. The maximum atomic E-state index is 5.69. The normalized spacial score (nSPS) is 39.2. The highest BCUT2D eigenvalue weighted by molar-refractivity contribution is 4.84. The third-order valence-corrected chi connectivity index (χ3v) is 3.91. The van der Waals surface area contributed by atoms with Gasteiger partial charge in [-0.15, -0.1) is 0 Å². The number of hydrogen-bond acceptors (Lipinski definition) is 3. The van der Waals surface area contributed by atoms with Crippen molar-refractivity contribution in [2.24, 2.45) is 11.8 Å². The fourth-order valence-corrected chi connectivity index (χ4v) is 3.20. The minimum absolute atomic E-state index is 0.366. The van der Waals surface area contributed by atoms with Crippen molar-refractivity contribution in [3.8, 4) is 0 Å². The Balaban J connectivity index is 1.77. The van der Waals surface area contributed by atoms with Crippen LogP contribution >= 0.6 is 0 Å². The van der Waals surface area contributed by atoms with Gasteiger partial charge in [-0.3, -0.25) is 0 Å². The molecule has 0 spiro atoms. The second-order valence-corrected chi connectivity index (χ2v) is 6.50. The minimum Gasteiger partial charge on any atom is -0.349 e. The van der Waals surface area contributed by atoms with E-state index in [9.17, 15) is 0 Å². The van der Waals surface area contributed by atoms with Gasteiger partial charge in [0.15, 0.2) is 5.79 Å². The van der Waals surface area contributed by atoms with Gasteiger partial charge < -0.3 is 14.8 Å². The molecule has 2 atom stereocenters. The van der Waals surface area contributed by atoms with Crippen LogP contribution in [0.1, 0.15) is 47.0 Å². The smallest absolute Gasteiger partial charge is 0.162 e.